The Morgan fingerprint density at radius 2 is 2.16 bits per heavy atom. The normalized spacial score (nSPS) is 10.2. The minimum Gasteiger partial charge on any atom is -0.491 e. The smallest absolute Gasteiger partial charge is 0.251 e. The predicted molar refractivity (Wildman–Crippen MR) is 75.5 cm³/mol. The van der Waals surface area contributed by atoms with Crippen LogP contribution in [0.4, 0.5) is 5.69 Å². The third-order valence-corrected chi connectivity index (χ3v) is 2.62. The van der Waals surface area contributed by atoms with E-state index in [1.54, 1.807) is 25.3 Å². The van der Waals surface area contributed by atoms with E-state index in [-0.39, 0.29) is 5.91 Å². The highest BCUT2D eigenvalue weighted by molar-refractivity contribution is 5.95. The number of nitrogens with one attached hydrogen (secondary N) is 1. The van der Waals surface area contributed by atoms with Crippen molar-refractivity contribution in [2.24, 2.45) is 0 Å². The zero-order valence-electron chi connectivity index (χ0n) is 11.6. The second kappa shape index (κ2) is 8.37. The lowest BCUT2D eigenvalue weighted by Crippen LogP contribution is -2.26. The minimum absolute atomic E-state index is 0.163. The molecule has 0 fully saturated rings. The van der Waals surface area contributed by atoms with Crippen LogP contribution in [-0.4, -0.2) is 32.8 Å². The lowest BCUT2D eigenvalue weighted by Gasteiger charge is -2.10. The predicted octanol–water partition coefficient (Wildman–Crippen LogP) is 1.82. The van der Waals surface area contributed by atoms with Gasteiger partial charge in [0.25, 0.3) is 5.91 Å². The van der Waals surface area contributed by atoms with Gasteiger partial charge in [0.05, 0.1) is 18.9 Å². The number of nitrogens with two attached hydrogens (primary N) is 1. The Morgan fingerprint density at radius 3 is 2.79 bits per heavy atom. The molecule has 0 saturated heterocycles. The summed E-state index contributed by atoms with van der Waals surface area (Å²) >= 11 is 0. The SMILES string of the molecule is CCCCOc1ccc(C(=O)NCCOC)cc1N. The number of hydrogen-bond donors (Lipinski definition) is 2. The van der Waals surface area contributed by atoms with Gasteiger partial charge in [0, 0.05) is 19.2 Å². The third kappa shape index (κ3) is 5.18. The summed E-state index contributed by atoms with van der Waals surface area (Å²) in [4.78, 5) is 11.8. The highest BCUT2D eigenvalue weighted by Gasteiger charge is 2.08. The number of unbranched alkanes of at least 4 members (excludes halogenated alkanes) is 1. The molecule has 1 rings (SSSR count). The molecule has 19 heavy (non-hydrogen) atoms. The molecule has 0 saturated carbocycles. The number of hydrogen-bond acceptors (Lipinski definition) is 4. The van der Waals surface area contributed by atoms with Crippen LogP contribution in [0.1, 0.15) is 30.1 Å². The molecule has 0 bridgehead atoms. The van der Waals surface area contributed by atoms with Crippen molar-refractivity contribution < 1.29 is 14.3 Å². The molecule has 5 nitrogen and oxygen atoms in total. The summed E-state index contributed by atoms with van der Waals surface area (Å²) in [7, 11) is 1.59. The van der Waals surface area contributed by atoms with Gasteiger partial charge in [0.1, 0.15) is 5.75 Å². The summed E-state index contributed by atoms with van der Waals surface area (Å²) in [5, 5.41) is 2.74. The van der Waals surface area contributed by atoms with Crippen molar-refractivity contribution in [3.8, 4) is 5.75 Å². The fraction of sp³-hybridized carbons (Fsp3) is 0.500. The summed E-state index contributed by atoms with van der Waals surface area (Å²) in [6.45, 7) is 3.70. The summed E-state index contributed by atoms with van der Waals surface area (Å²) in [6.07, 6.45) is 2.05. The van der Waals surface area contributed by atoms with Crippen molar-refractivity contribution in [1.29, 1.82) is 0 Å². The average Bonchev–Trinajstić information content (AvgIpc) is 2.41. The molecule has 106 valence electrons. The summed E-state index contributed by atoms with van der Waals surface area (Å²) < 4.78 is 10.4. The van der Waals surface area contributed by atoms with Crippen molar-refractivity contribution in [3.05, 3.63) is 23.8 Å². The number of methoxy groups -OCH3 is 1. The Bertz CT molecular complexity index is 408. The first-order chi connectivity index (χ1) is 9.19. The lowest BCUT2D eigenvalue weighted by molar-refractivity contribution is 0.0937. The van der Waals surface area contributed by atoms with Crippen LogP contribution in [0, 0.1) is 0 Å². The van der Waals surface area contributed by atoms with Gasteiger partial charge in [-0.1, -0.05) is 13.3 Å². The largest absolute Gasteiger partial charge is 0.491 e. The number of amides is 1. The Hall–Kier alpha value is -1.75. The molecule has 0 unspecified atom stereocenters. The van der Waals surface area contributed by atoms with Gasteiger partial charge >= 0.3 is 0 Å². The van der Waals surface area contributed by atoms with E-state index >= 15 is 0 Å². The molecule has 5 heteroatoms. The molecule has 0 atom stereocenters. The van der Waals surface area contributed by atoms with E-state index in [0.29, 0.717) is 36.8 Å². The van der Waals surface area contributed by atoms with Gasteiger partial charge in [-0.2, -0.15) is 0 Å². The van der Waals surface area contributed by atoms with Gasteiger partial charge in [0.15, 0.2) is 0 Å². The highest BCUT2D eigenvalue weighted by Crippen LogP contribution is 2.22. The molecule has 0 aliphatic carbocycles. The van der Waals surface area contributed by atoms with Crippen LogP contribution in [0.5, 0.6) is 5.75 Å². The molecule has 1 aromatic rings. The highest BCUT2D eigenvalue weighted by atomic mass is 16.5. The van der Waals surface area contributed by atoms with E-state index in [0.717, 1.165) is 12.8 Å². The van der Waals surface area contributed by atoms with Crippen LogP contribution >= 0.6 is 0 Å². The van der Waals surface area contributed by atoms with Crippen molar-refractivity contribution in [2.45, 2.75) is 19.8 Å². The minimum atomic E-state index is -0.163. The Labute approximate surface area is 114 Å². The monoisotopic (exact) mass is 266 g/mol. The molecule has 0 aromatic heterocycles. The second-order valence-electron chi connectivity index (χ2n) is 4.20. The van der Waals surface area contributed by atoms with Gasteiger partial charge in [-0.3, -0.25) is 4.79 Å². The van der Waals surface area contributed by atoms with Crippen molar-refractivity contribution in [1.82, 2.24) is 5.32 Å². The Morgan fingerprint density at radius 1 is 1.37 bits per heavy atom. The maximum atomic E-state index is 11.8. The first-order valence-electron chi connectivity index (χ1n) is 6.48. The zero-order valence-corrected chi connectivity index (χ0v) is 11.6. The first kappa shape index (κ1) is 15.3. The van der Waals surface area contributed by atoms with E-state index in [1.165, 1.54) is 0 Å². The first-order valence-corrected chi connectivity index (χ1v) is 6.48. The van der Waals surface area contributed by atoms with E-state index in [2.05, 4.69) is 12.2 Å². The van der Waals surface area contributed by atoms with Gasteiger partial charge in [-0.25, -0.2) is 0 Å². The summed E-state index contributed by atoms with van der Waals surface area (Å²) in [5.41, 5.74) is 6.87. The number of nitrogen functional groups attached to an aromatic ring is 1. The third-order valence-electron chi connectivity index (χ3n) is 2.62. The zero-order chi connectivity index (χ0) is 14.1. The molecular formula is C14H22N2O3. The average molecular weight is 266 g/mol. The van der Waals surface area contributed by atoms with Crippen LogP contribution in [-0.2, 0) is 4.74 Å². The van der Waals surface area contributed by atoms with Crippen LogP contribution < -0.4 is 15.8 Å². The van der Waals surface area contributed by atoms with Crippen LogP contribution in [0.2, 0.25) is 0 Å². The fourth-order valence-electron chi connectivity index (χ4n) is 1.52. The molecule has 0 aliphatic rings. The number of benzene rings is 1. The van der Waals surface area contributed by atoms with E-state index in [1.807, 2.05) is 0 Å². The van der Waals surface area contributed by atoms with Gasteiger partial charge in [-0.15, -0.1) is 0 Å². The Balaban J connectivity index is 2.57. The van der Waals surface area contributed by atoms with Crippen LogP contribution in [0.3, 0.4) is 0 Å². The topological polar surface area (TPSA) is 73.6 Å². The maximum absolute atomic E-state index is 11.8. The second-order valence-corrected chi connectivity index (χ2v) is 4.20. The molecule has 3 N–H and O–H groups in total. The maximum Gasteiger partial charge on any atom is 0.251 e. The molecule has 1 aromatic carbocycles. The fourth-order valence-corrected chi connectivity index (χ4v) is 1.52. The van der Waals surface area contributed by atoms with Crippen LogP contribution in [0.25, 0.3) is 0 Å². The number of rotatable bonds is 8. The van der Waals surface area contributed by atoms with E-state index in [9.17, 15) is 4.79 Å². The quantitative estimate of drug-likeness (QED) is 0.556. The molecular weight excluding hydrogens is 244 g/mol. The number of ether oxygens (including phenoxy) is 2. The molecule has 0 heterocycles. The molecule has 1 amide bonds. The number of carbonyl (C=O) groups is 1. The van der Waals surface area contributed by atoms with E-state index < -0.39 is 0 Å². The van der Waals surface area contributed by atoms with Crippen molar-refractivity contribution in [3.63, 3.8) is 0 Å². The van der Waals surface area contributed by atoms with Gasteiger partial charge in [0.2, 0.25) is 0 Å². The molecule has 0 spiro atoms. The van der Waals surface area contributed by atoms with Crippen molar-refractivity contribution in [2.75, 3.05) is 32.6 Å². The Kier molecular flexibility index (Phi) is 6.74. The molecule has 0 aliphatic heterocycles. The summed E-state index contributed by atoms with van der Waals surface area (Å²) in [5.74, 6) is 0.464. The van der Waals surface area contributed by atoms with Crippen molar-refractivity contribution >= 4 is 11.6 Å². The van der Waals surface area contributed by atoms with Gasteiger partial charge < -0.3 is 20.5 Å². The standard InChI is InChI=1S/C14H22N2O3/c1-3-4-8-19-13-6-5-11(10-12(13)15)14(17)16-7-9-18-2/h5-6,10H,3-4,7-9,15H2,1-2H3,(H,16,17). The lowest BCUT2D eigenvalue weighted by atomic mass is 10.1. The number of carbonyl (C=O) groups excluding carboxylic acids is 1. The van der Waals surface area contributed by atoms with Gasteiger partial charge in [-0.05, 0) is 24.6 Å². The molecule has 0 radical (unpaired) electrons. The van der Waals surface area contributed by atoms with E-state index in [4.69, 9.17) is 15.2 Å². The van der Waals surface area contributed by atoms with Crippen LogP contribution in [0.15, 0.2) is 18.2 Å². The number of anilines is 1. The summed E-state index contributed by atoms with van der Waals surface area (Å²) in [6, 6.07) is 5.07.